The molecule has 220 valence electrons. The maximum Gasteiger partial charge on any atom is 0.0562 e. The summed E-state index contributed by atoms with van der Waals surface area (Å²) < 4.78 is 7.13. The molecule has 0 spiro atoms. The van der Waals surface area contributed by atoms with Gasteiger partial charge in [0.25, 0.3) is 0 Å². The fraction of sp³-hybridized carbons (Fsp3) is 0. The van der Waals surface area contributed by atoms with E-state index in [0.717, 1.165) is 17.1 Å². The summed E-state index contributed by atoms with van der Waals surface area (Å²) in [5.41, 5.74) is 11.9. The molecular formula is C44H29N3. The van der Waals surface area contributed by atoms with Crippen molar-refractivity contribution in [3.8, 4) is 28.2 Å². The summed E-state index contributed by atoms with van der Waals surface area (Å²) in [6.45, 7) is 0. The van der Waals surface area contributed by atoms with Crippen LogP contribution in [0.15, 0.2) is 176 Å². The van der Waals surface area contributed by atoms with Crippen molar-refractivity contribution >= 4 is 54.5 Å². The SMILES string of the molecule is c1ccc(-c2ccc3c(c2)c2ccccc2n3-c2cccc(-n3c4ccccc4c4cc5ccn(-c6ccccc6)c5cc43)c2)cc1. The highest BCUT2D eigenvalue weighted by atomic mass is 15.0. The van der Waals surface area contributed by atoms with Gasteiger partial charge >= 0.3 is 0 Å². The monoisotopic (exact) mass is 599 g/mol. The molecule has 10 rings (SSSR count). The van der Waals surface area contributed by atoms with Gasteiger partial charge in [0.2, 0.25) is 0 Å². The summed E-state index contributed by atoms with van der Waals surface area (Å²) >= 11 is 0. The third kappa shape index (κ3) is 3.93. The highest BCUT2D eigenvalue weighted by Gasteiger charge is 2.17. The lowest BCUT2D eigenvalue weighted by Crippen LogP contribution is -1.99. The van der Waals surface area contributed by atoms with E-state index in [1.807, 2.05) is 0 Å². The lowest BCUT2D eigenvalue weighted by atomic mass is 10.0. The van der Waals surface area contributed by atoms with Gasteiger partial charge in [0, 0.05) is 50.2 Å². The molecule has 3 heteroatoms. The van der Waals surface area contributed by atoms with Gasteiger partial charge in [-0.15, -0.1) is 0 Å². The molecular weight excluding hydrogens is 571 g/mol. The number of fused-ring (bicyclic) bond motifs is 7. The van der Waals surface area contributed by atoms with Crippen LogP contribution >= 0.6 is 0 Å². The van der Waals surface area contributed by atoms with Gasteiger partial charge in [-0.25, -0.2) is 0 Å². The van der Waals surface area contributed by atoms with Crippen LogP contribution in [0, 0.1) is 0 Å². The number of benzene rings is 7. The second-order valence-electron chi connectivity index (χ2n) is 12.3. The molecule has 0 amide bonds. The van der Waals surface area contributed by atoms with E-state index < -0.39 is 0 Å². The largest absolute Gasteiger partial charge is 0.316 e. The molecule has 47 heavy (non-hydrogen) atoms. The zero-order valence-corrected chi connectivity index (χ0v) is 25.6. The van der Waals surface area contributed by atoms with Crippen LogP contribution in [0.4, 0.5) is 0 Å². The molecule has 0 bridgehead atoms. The summed E-state index contributed by atoms with van der Waals surface area (Å²) in [5, 5.41) is 6.26. The number of para-hydroxylation sites is 3. The van der Waals surface area contributed by atoms with Crippen molar-refractivity contribution in [1.29, 1.82) is 0 Å². The highest BCUT2D eigenvalue weighted by Crippen LogP contribution is 2.38. The quantitative estimate of drug-likeness (QED) is 0.191. The standard InChI is InChI=1S/C44H29N3/c1-3-12-30(13-4-1)31-22-23-42-38(26-31)36-18-7-9-20-40(36)46(42)34-16-11-17-35(28-34)47-41-21-10-8-19-37(41)39-27-32-24-25-45(43(32)29-44(39)47)33-14-5-2-6-15-33/h1-29H. The zero-order chi connectivity index (χ0) is 30.9. The van der Waals surface area contributed by atoms with Gasteiger partial charge in [-0.2, -0.15) is 0 Å². The van der Waals surface area contributed by atoms with Crippen molar-refractivity contribution in [2.75, 3.05) is 0 Å². The van der Waals surface area contributed by atoms with Gasteiger partial charge in [-0.05, 0) is 83.9 Å². The third-order valence-corrected chi connectivity index (χ3v) is 9.64. The van der Waals surface area contributed by atoms with Crippen LogP contribution in [0.3, 0.4) is 0 Å². The van der Waals surface area contributed by atoms with Crippen LogP contribution in [0.2, 0.25) is 0 Å². The van der Waals surface area contributed by atoms with Crippen molar-refractivity contribution in [2.24, 2.45) is 0 Å². The Bertz CT molecular complexity index is 2780. The first kappa shape index (κ1) is 26.0. The number of hydrogen-bond acceptors (Lipinski definition) is 0. The zero-order valence-electron chi connectivity index (χ0n) is 25.6. The topological polar surface area (TPSA) is 14.8 Å². The minimum absolute atomic E-state index is 1.14. The molecule has 0 atom stereocenters. The summed E-state index contributed by atoms with van der Waals surface area (Å²) in [6, 6.07) is 61.5. The Morgan fingerprint density at radius 3 is 1.60 bits per heavy atom. The molecule has 0 fully saturated rings. The summed E-state index contributed by atoms with van der Waals surface area (Å²) in [6.07, 6.45) is 2.18. The van der Waals surface area contributed by atoms with Gasteiger partial charge in [-0.1, -0.05) is 97.1 Å². The Labute approximate surface area is 271 Å². The number of aromatic nitrogens is 3. The first-order chi connectivity index (χ1) is 23.3. The van der Waals surface area contributed by atoms with Crippen LogP contribution < -0.4 is 0 Å². The Morgan fingerprint density at radius 2 is 0.872 bits per heavy atom. The van der Waals surface area contributed by atoms with Crippen LogP contribution in [0.25, 0.3) is 82.7 Å². The molecule has 0 aliphatic carbocycles. The lowest BCUT2D eigenvalue weighted by Gasteiger charge is -2.13. The highest BCUT2D eigenvalue weighted by molar-refractivity contribution is 6.14. The van der Waals surface area contributed by atoms with Crippen molar-refractivity contribution in [2.45, 2.75) is 0 Å². The van der Waals surface area contributed by atoms with E-state index in [1.54, 1.807) is 0 Å². The predicted octanol–water partition coefficient (Wildman–Crippen LogP) is 11.5. The number of nitrogens with zero attached hydrogens (tertiary/aromatic N) is 3. The average Bonchev–Trinajstić information content (AvgIpc) is 3.81. The van der Waals surface area contributed by atoms with Crippen molar-refractivity contribution < 1.29 is 0 Å². The lowest BCUT2D eigenvalue weighted by molar-refractivity contribution is 1.12. The van der Waals surface area contributed by atoms with E-state index in [-0.39, 0.29) is 0 Å². The Kier molecular flexibility index (Phi) is 5.57. The predicted molar refractivity (Wildman–Crippen MR) is 197 cm³/mol. The second kappa shape index (κ2) is 10.1. The molecule has 0 N–H and O–H groups in total. The van der Waals surface area contributed by atoms with Crippen molar-refractivity contribution in [3.05, 3.63) is 176 Å². The molecule has 10 aromatic rings. The van der Waals surface area contributed by atoms with Gasteiger partial charge in [-0.3, -0.25) is 0 Å². The van der Waals surface area contributed by atoms with Crippen LogP contribution in [-0.2, 0) is 0 Å². The van der Waals surface area contributed by atoms with E-state index in [9.17, 15) is 0 Å². The molecule has 0 unspecified atom stereocenters. The summed E-state index contributed by atoms with van der Waals surface area (Å²) in [4.78, 5) is 0. The van der Waals surface area contributed by atoms with E-state index in [4.69, 9.17) is 0 Å². The van der Waals surface area contributed by atoms with Crippen molar-refractivity contribution in [3.63, 3.8) is 0 Å². The second-order valence-corrected chi connectivity index (χ2v) is 12.3. The molecule has 7 aromatic carbocycles. The van der Waals surface area contributed by atoms with E-state index in [1.165, 1.54) is 65.6 Å². The molecule has 0 radical (unpaired) electrons. The van der Waals surface area contributed by atoms with Gasteiger partial charge < -0.3 is 13.7 Å². The molecule has 3 nitrogen and oxygen atoms in total. The van der Waals surface area contributed by atoms with Crippen LogP contribution in [0.1, 0.15) is 0 Å². The van der Waals surface area contributed by atoms with Gasteiger partial charge in [0.15, 0.2) is 0 Å². The van der Waals surface area contributed by atoms with E-state index in [2.05, 4.69) is 190 Å². The smallest absolute Gasteiger partial charge is 0.0562 e. The number of rotatable bonds is 4. The fourth-order valence-corrected chi connectivity index (χ4v) is 7.52. The first-order valence-electron chi connectivity index (χ1n) is 16.1. The number of hydrogen-bond donors (Lipinski definition) is 0. The maximum atomic E-state index is 2.43. The normalized spacial score (nSPS) is 11.8. The summed E-state index contributed by atoms with van der Waals surface area (Å²) in [7, 11) is 0. The molecule has 0 aliphatic heterocycles. The molecule has 3 aromatic heterocycles. The minimum Gasteiger partial charge on any atom is -0.316 e. The third-order valence-electron chi connectivity index (χ3n) is 9.64. The minimum atomic E-state index is 1.14. The van der Waals surface area contributed by atoms with Gasteiger partial charge in [0.1, 0.15) is 0 Å². The average molecular weight is 600 g/mol. The van der Waals surface area contributed by atoms with Crippen molar-refractivity contribution in [1.82, 2.24) is 13.7 Å². The Morgan fingerprint density at radius 1 is 0.298 bits per heavy atom. The first-order valence-corrected chi connectivity index (χ1v) is 16.1. The molecule has 3 heterocycles. The fourth-order valence-electron chi connectivity index (χ4n) is 7.52. The van der Waals surface area contributed by atoms with Gasteiger partial charge in [0.05, 0.1) is 27.6 Å². The van der Waals surface area contributed by atoms with Crippen LogP contribution in [0.5, 0.6) is 0 Å². The van der Waals surface area contributed by atoms with E-state index in [0.29, 0.717) is 0 Å². The molecule has 0 saturated heterocycles. The molecule has 0 saturated carbocycles. The van der Waals surface area contributed by atoms with Crippen LogP contribution in [-0.4, -0.2) is 13.7 Å². The Hall–Kier alpha value is -6.32. The maximum absolute atomic E-state index is 2.43. The Balaban J connectivity index is 1.21. The molecule has 0 aliphatic rings. The summed E-state index contributed by atoms with van der Waals surface area (Å²) in [5.74, 6) is 0. The van der Waals surface area contributed by atoms with E-state index >= 15 is 0 Å².